The van der Waals surface area contributed by atoms with Crippen LogP contribution in [0.3, 0.4) is 0 Å². The van der Waals surface area contributed by atoms with Crippen molar-refractivity contribution >= 4 is 0 Å². The Hall–Kier alpha value is -0.0400. The zero-order valence-corrected chi connectivity index (χ0v) is 10.9. The predicted molar refractivity (Wildman–Crippen MR) is 68.1 cm³/mol. The van der Waals surface area contributed by atoms with E-state index in [9.17, 15) is 0 Å². The minimum absolute atomic E-state index is 0.808. The molecule has 1 N–H and O–H groups in total. The second kappa shape index (κ2) is 7.27. The molecule has 1 nitrogen and oxygen atoms in total. The summed E-state index contributed by atoms with van der Waals surface area (Å²) in [6.45, 7) is 8.11. The van der Waals surface area contributed by atoms with Crippen molar-refractivity contribution in [2.45, 2.75) is 71.8 Å². The fraction of sp³-hybridized carbons (Fsp3) is 1.00. The van der Waals surface area contributed by atoms with Crippen LogP contribution in [0.1, 0.15) is 65.7 Å². The van der Waals surface area contributed by atoms with Crippen LogP contribution in [-0.4, -0.2) is 12.6 Å². The highest BCUT2D eigenvalue weighted by Gasteiger charge is 2.27. The minimum Gasteiger partial charge on any atom is -0.314 e. The summed E-state index contributed by atoms with van der Waals surface area (Å²) >= 11 is 0. The molecule has 0 aromatic heterocycles. The Bertz CT molecular complexity index is 151. The van der Waals surface area contributed by atoms with Gasteiger partial charge >= 0.3 is 0 Å². The van der Waals surface area contributed by atoms with Crippen molar-refractivity contribution in [3.8, 4) is 0 Å². The molecule has 1 fully saturated rings. The Morgan fingerprint density at radius 2 is 1.67 bits per heavy atom. The molecule has 0 aliphatic heterocycles. The zero-order chi connectivity index (χ0) is 11.1. The maximum absolute atomic E-state index is 3.72. The summed E-state index contributed by atoms with van der Waals surface area (Å²) in [5.41, 5.74) is 0. The van der Waals surface area contributed by atoms with Gasteiger partial charge in [-0.1, -0.05) is 52.9 Å². The minimum atomic E-state index is 0.808. The van der Waals surface area contributed by atoms with Gasteiger partial charge < -0.3 is 5.32 Å². The van der Waals surface area contributed by atoms with E-state index in [-0.39, 0.29) is 0 Å². The maximum atomic E-state index is 3.72. The van der Waals surface area contributed by atoms with Crippen molar-refractivity contribution in [1.82, 2.24) is 5.32 Å². The molecule has 0 aromatic rings. The smallest absolute Gasteiger partial charge is 0.00978 e. The van der Waals surface area contributed by atoms with Gasteiger partial charge in [-0.2, -0.15) is 0 Å². The van der Waals surface area contributed by atoms with Crippen molar-refractivity contribution in [3.63, 3.8) is 0 Å². The van der Waals surface area contributed by atoms with Crippen LogP contribution in [0, 0.1) is 11.8 Å². The van der Waals surface area contributed by atoms with Crippen molar-refractivity contribution in [3.05, 3.63) is 0 Å². The van der Waals surface area contributed by atoms with Gasteiger partial charge in [0.15, 0.2) is 0 Å². The van der Waals surface area contributed by atoms with Crippen molar-refractivity contribution in [2.75, 3.05) is 6.54 Å². The Kier molecular flexibility index (Phi) is 6.31. The average Bonchev–Trinajstić information content (AvgIpc) is 2.47. The molecule has 1 aliphatic rings. The molecule has 0 aromatic carbocycles. The Morgan fingerprint density at radius 1 is 1.00 bits per heavy atom. The van der Waals surface area contributed by atoms with E-state index in [0.717, 1.165) is 24.4 Å². The topological polar surface area (TPSA) is 12.0 Å². The molecule has 0 radical (unpaired) electrons. The van der Waals surface area contributed by atoms with Gasteiger partial charge in [0.25, 0.3) is 0 Å². The number of nitrogens with one attached hydrogen (secondary N) is 1. The first-order valence-corrected chi connectivity index (χ1v) is 7.06. The summed E-state index contributed by atoms with van der Waals surface area (Å²) in [5, 5.41) is 3.72. The lowest BCUT2D eigenvalue weighted by molar-refractivity contribution is 0.223. The van der Waals surface area contributed by atoms with E-state index in [1.807, 2.05) is 0 Å². The quantitative estimate of drug-likeness (QED) is 0.678. The van der Waals surface area contributed by atoms with E-state index in [2.05, 4.69) is 26.1 Å². The van der Waals surface area contributed by atoms with Crippen LogP contribution in [0.4, 0.5) is 0 Å². The highest BCUT2D eigenvalue weighted by molar-refractivity contribution is 4.83. The molecule has 2 unspecified atom stereocenters. The van der Waals surface area contributed by atoms with Gasteiger partial charge in [-0.3, -0.25) is 0 Å². The first-order chi connectivity index (χ1) is 7.33. The van der Waals surface area contributed by atoms with Crippen LogP contribution in [0.25, 0.3) is 0 Å². The summed E-state index contributed by atoms with van der Waals surface area (Å²) in [6, 6.07) is 0.808. The van der Waals surface area contributed by atoms with E-state index in [4.69, 9.17) is 0 Å². The summed E-state index contributed by atoms with van der Waals surface area (Å²) in [5.74, 6) is 1.90. The van der Waals surface area contributed by atoms with Crippen LogP contribution >= 0.6 is 0 Å². The summed E-state index contributed by atoms with van der Waals surface area (Å²) in [7, 11) is 0. The van der Waals surface area contributed by atoms with E-state index in [0.29, 0.717) is 0 Å². The molecule has 1 aliphatic carbocycles. The van der Waals surface area contributed by atoms with Gasteiger partial charge in [0, 0.05) is 6.04 Å². The van der Waals surface area contributed by atoms with Crippen LogP contribution in [0.2, 0.25) is 0 Å². The predicted octanol–water partition coefficient (Wildman–Crippen LogP) is 3.98. The van der Waals surface area contributed by atoms with Gasteiger partial charge in [-0.05, 0) is 31.2 Å². The molecule has 1 rings (SSSR count). The van der Waals surface area contributed by atoms with Gasteiger partial charge in [-0.15, -0.1) is 0 Å². The second-order valence-corrected chi connectivity index (χ2v) is 5.04. The SMILES string of the molecule is CCNC1CCCCCC1C(CC)CC. The second-order valence-electron chi connectivity index (χ2n) is 5.04. The first-order valence-electron chi connectivity index (χ1n) is 7.06. The monoisotopic (exact) mass is 211 g/mol. The molecule has 0 heterocycles. The van der Waals surface area contributed by atoms with Crippen molar-refractivity contribution in [1.29, 1.82) is 0 Å². The van der Waals surface area contributed by atoms with Gasteiger partial charge in [0.2, 0.25) is 0 Å². The van der Waals surface area contributed by atoms with Crippen LogP contribution in [0.5, 0.6) is 0 Å². The highest BCUT2D eigenvalue weighted by atomic mass is 14.9. The largest absolute Gasteiger partial charge is 0.314 e. The third kappa shape index (κ3) is 3.79. The summed E-state index contributed by atoms with van der Waals surface area (Å²) in [4.78, 5) is 0. The summed E-state index contributed by atoms with van der Waals surface area (Å²) < 4.78 is 0. The van der Waals surface area contributed by atoms with E-state index in [1.165, 1.54) is 44.9 Å². The molecular formula is C14H29N. The lowest BCUT2D eigenvalue weighted by atomic mass is 9.79. The average molecular weight is 211 g/mol. The fourth-order valence-electron chi connectivity index (χ4n) is 3.31. The van der Waals surface area contributed by atoms with Gasteiger partial charge in [0.1, 0.15) is 0 Å². The molecule has 0 saturated heterocycles. The van der Waals surface area contributed by atoms with Crippen molar-refractivity contribution in [2.24, 2.45) is 11.8 Å². The molecule has 0 amide bonds. The molecule has 15 heavy (non-hydrogen) atoms. The standard InChI is InChI=1S/C14H29N/c1-4-12(5-2)13-10-8-7-9-11-14(13)15-6-3/h12-15H,4-11H2,1-3H3. The first kappa shape index (κ1) is 13.0. The van der Waals surface area contributed by atoms with Gasteiger partial charge in [0.05, 0.1) is 0 Å². The van der Waals surface area contributed by atoms with Crippen LogP contribution in [0.15, 0.2) is 0 Å². The van der Waals surface area contributed by atoms with Gasteiger partial charge in [-0.25, -0.2) is 0 Å². The summed E-state index contributed by atoms with van der Waals surface area (Å²) in [6.07, 6.45) is 9.96. The fourth-order valence-corrected chi connectivity index (χ4v) is 3.31. The molecule has 1 saturated carbocycles. The lowest BCUT2D eigenvalue weighted by Gasteiger charge is -2.32. The lowest BCUT2D eigenvalue weighted by Crippen LogP contribution is -2.38. The van der Waals surface area contributed by atoms with E-state index in [1.54, 1.807) is 0 Å². The number of hydrogen-bond acceptors (Lipinski definition) is 1. The molecule has 0 spiro atoms. The zero-order valence-electron chi connectivity index (χ0n) is 10.9. The molecule has 0 bridgehead atoms. The van der Waals surface area contributed by atoms with Crippen molar-refractivity contribution < 1.29 is 0 Å². The van der Waals surface area contributed by atoms with E-state index >= 15 is 0 Å². The van der Waals surface area contributed by atoms with E-state index < -0.39 is 0 Å². The third-order valence-electron chi connectivity index (χ3n) is 4.19. The molecular weight excluding hydrogens is 182 g/mol. The normalized spacial score (nSPS) is 28.0. The van der Waals surface area contributed by atoms with Crippen LogP contribution in [-0.2, 0) is 0 Å². The maximum Gasteiger partial charge on any atom is 0.00978 e. The third-order valence-corrected chi connectivity index (χ3v) is 4.19. The highest BCUT2D eigenvalue weighted by Crippen LogP contribution is 2.32. The Labute approximate surface area is 96.0 Å². The Balaban J connectivity index is 2.59. The molecule has 2 atom stereocenters. The molecule has 1 heteroatoms. The van der Waals surface area contributed by atoms with Crippen LogP contribution < -0.4 is 5.32 Å². The number of rotatable bonds is 5. The molecule has 90 valence electrons. The Morgan fingerprint density at radius 3 is 2.27 bits per heavy atom. The number of hydrogen-bond donors (Lipinski definition) is 1.